The molecule has 0 aliphatic carbocycles. The van der Waals surface area contributed by atoms with Gasteiger partial charge in [-0.25, -0.2) is 0 Å². The maximum Gasteiger partial charge on any atom is 0.417 e. The molecule has 0 saturated carbocycles. The number of hydrogen-bond acceptors (Lipinski definition) is 1. The van der Waals surface area contributed by atoms with Gasteiger partial charge in [0.2, 0.25) is 0 Å². The van der Waals surface area contributed by atoms with Crippen LogP contribution < -0.4 is 0 Å². The van der Waals surface area contributed by atoms with Gasteiger partial charge in [-0.2, -0.15) is 18.4 Å². The number of nitriles is 1. The molecule has 0 fully saturated rings. The molecule has 2 aromatic heterocycles. The standard InChI is InChI=1S/C77H60F3N3/c1-44-25-45(2)30-59(29-44)54-15-21-70-65(38-54)66-39-55(60-31-46(3)26-47(4)32-60)16-22-71(66)82(70)74-37-53(43-81)13-19-63(74)64-20-14-58(76-52(9)11-10-12-69(76)77(78,79)80)42-75(64)83-72-23-17-56(61-33-48(5)27-49(6)34-61)40-67(72)68-41-57(18-24-73(68)83)62-35-50(7)28-51(8)36-62/h10-42H,1-9H3. The van der Waals surface area contributed by atoms with Crippen molar-refractivity contribution < 1.29 is 13.2 Å². The number of aryl methyl sites for hydroxylation is 9. The second kappa shape index (κ2) is 20.1. The van der Waals surface area contributed by atoms with Crippen molar-refractivity contribution in [1.82, 2.24) is 9.13 Å². The highest BCUT2D eigenvalue weighted by molar-refractivity contribution is 6.14. The van der Waals surface area contributed by atoms with Crippen LogP contribution in [0.2, 0.25) is 0 Å². The fourth-order valence-electron chi connectivity index (χ4n) is 13.3. The molecular formula is C77H60F3N3. The monoisotopic (exact) mass is 1080 g/mol. The van der Waals surface area contributed by atoms with Crippen LogP contribution in [0.4, 0.5) is 13.2 Å². The van der Waals surface area contributed by atoms with Crippen molar-refractivity contribution in [3.05, 3.63) is 261 Å². The summed E-state index contributed by atoms with van der Waals surface area (Å²) >= 11 is 0. The molecule has 0 unspecified atom stereocenters. The molecule has 0 saturated heterocycles. The minimum Gasteiger partial charge on any atom is -0.309 e. The van der Waals surface area contributed by atoms with E-state index in [1.807, 2.05) is 36.4 Å². The first-order valence-electron chi connectivity index (χ1n) is 28.2. The third-order valence-electron chi connectivity index (χ3n) is 16.5. The number of nitrogens with zero attached hydrogens (tertiary/aromatic N) is 3. The third kappa shape index (κ3) is 9.46. The van der Waals surface area contributed by atoms with E-state index in [9.17, 15) is 5.26 Å². The predicted octanol–water partition coefficient (Wildman–Crippen LogP) is 21.5. The van der Waals surface area contributed by atoms with E-state index in [4.69, 9.17) is 0 Å². The molecule has 3 nitrogen and oxygen atoms in total. The average Bonchev–Trinajstić information content (AvgIpc) is 2.25. The van der Waals surface area contributed by atoms with Gasteiger partial charge < -0.3 is 9.13 Å². The van der Waals surface area contributed by atoms with E-state index in [0.717, 1.165) is 105 Å². The molecule has 0 spiro atoms. The zero-order valence-electron chi connectivity index (χ0n) is 48.0. The van der Waals surface area contributed by atoms with Gasteiger partial charge in [-0.15, -0.1) is 0 Å². The summed E-state index contributed by atoms with van der Waals surface area (Å²) in [6.45, 7) is 18.7. The Bertz CT molecular complexity index is 4600. The van der Waals surface area contributed by atoms with Crippen LogP contribution in [-0.2, 0) is 6.18 Å². The van der Waals surface area contributed by atoms with Crippen LogP contribution in [0.1, 0.15) is 61.2 Å². The van der Waals surface area contributed by atoms with Crippen LogP contribution in [-0.4, -0.2) is 9.13 Å². The molecule has 0 aliphatic heterocycles. The number of alkyl halides is 3. The molecular weight excluding hydrogens is 1020 g/mol. The summed E-state index contributed by atoms with van der Waals surface area (Å²) in [6.07, 6.45) is -4.62. The Kier molecular flexibility index (Phi) is 12.7. The van der Waals surface area contributed by atoms with Gasteiger partial charge in [-0.3, -0.25) is 0 Å². The van der Waals surface area contributed by atoms with E-state index in [1.54, 1.807) is 13.0 Å². The van der Waals surface area contributed by atoms with Crippen LogP contribution in [0, 0.1) is 73.6 Å². The van der Waals surface area contributed by atoms with E-state index < -0.39 is 11.7 Å². The lowest BCUT2D eigenvalue weighted by Crippen LogP contribution is -2.08. The van der Waals surface area contributed by atoms with Gasteiger partial charge in [0, 0.05) is 32.7 Å². The SMILES string of the molecule is Cc1cc(C)cc(-c2ccc3c(c2)c2cc(-c4cc(C)cc(C)c4)ccc2n3-c2cc(C#N)ccc2-c2ccc(-c3c(C)cccc3C(F)(F)F)cc2-n2c3ccc(-c4cc(C)cc(C)c4)cc3c3cc(-c4cc(C)cc(C)c4)ccc32)c1. The third-order valence-corrected chi connectivity index (χ3v) is 16.5. The largest absolute Gasteiger partial charge is 0.417 e. The Labute approximate surface area is 482 Å². The quantitative estimate of drug-likeness (QED) is 0.149. The zero-order chi connectivity index (χ0) is 57.7. The van der Waals surface area contributed by atoms with Crippen molar-refractivity contribution in [1.29, 1.82) is 5.26 Å². The number of halogens is 3. The van der Waals surface area contributed by atoms with Gasteiger partial charge in [0.05, 0.1) is 50.6 Å². The Balaban J connectivity index is 1.13. The lowest BCUT2D eigenvalue weighted by Gasteiger charge is -2.21. The van der Waals surface area contributed by atoms with Crippen LogP contribution in [0.25, 0.3) is 122 Å². The summed E-state index contributed by atoms with van der Waals surface area (Å²) in [4.78, 5) is 0. The molecule has 83 heavy (non-hydrogen) atoms. The van der Waals surface area contributed by atoms with Gasteiger partial charge in [0.25, 0.3) is 0 Å². The Morgan fingerprint density at radius 3 is 0.988 bits per heavy atom. The van der Waals surface area contributed by atoms with Crippen molar-refractivity contribution in [2.75, 3.05) is 0 Å². The molecule has 0 bridgehead atoms. The smallest absolute Gasteiger partial charge is 0.309 e. The molecule has 0 N–H and O–H groups in total. The Hall–Kier alpha value is -9.70. The lowest BCUT2D eigenvalue weighted by atomic mass is 9.91. The molecule has 2 heterocycles. The highest BCUT2D eigenvalue weighted by atomic mass is 19.4. The summed E-state index contributed by atoms with van der Waals surface area (Å²) in [7, 11) is 0. The number of rotatable bonds is 8. The van der Waals surface area contributed by atoms with Crippen molar-refractivity contribution in [2.45, 2.75) is 68.5 Å². The maximum absolute atomic E-state index is 15.3. The maximum atomic E-state index is 15.3. The first-order valence-corrected chi connectivity index (χ1v) is 28.2. The topological polar surface area (TPSA) is 33.6 Å². The molecule has 0 aliphatic rings. The van der Waals surface area contributed by atoms with E-state index in [1.165, 1.54) is 56.6 Å². The highest BCUT2D eigenvalue weighted by Gasteiger charge is 2.35. The van der Waals surface area contributed by atoms with Crippen molar-refractivity contribution in [2.24, 2.45) is 0 Å². The van der Waals surface area contributed by atoms with Gasteiger partial charge in [0.15, 0.2) is 0 Å². The zero-order valence-corrected chi connectivity index (χ0v) is 48.0. The number of fused-ring (bicyclic) bond motifs is 6. The fourth-order valence-corrected chi connectivity index (χ4v) is 13.3. The van der Waals surface area contributed by atoms with Crippen LogP contribution in [0.3, 0.4) is 0 Å². The Morgan fingerprint density at radius 2 is 0.651 bits per heavy atom. The molecule has 0 amide bonds. The minimum atomic E-state index is -4.62. The first-order chi connectivity index (χ1) is 39.8. The van der Waals surface area contributed by atoms with Crippen molar-refractivity contribution in [3.8, 4) is 84.2 Å². The van der Waals surface area contributed by atoms with Gasteiger partial charge in [-0.1, -0.05) is 172 Å². The van der Waals surface area contributed by atoms with Gasteiger partial charge >= 0.3 is 6.18 Å². The average molecular weight is 1080 g/mol. The Morgan fingerprint density at radius 1 is 0.325 bits per heavy atom. The van der Waals surface area contributed by atoms with E-state index >= 15 is 13.2 Å². The molecule has 6 heteroatoms. The lowest BCUT2D eigenvalue weighted by molar-refractivity contribution is -0.137. The highest BCUT2D eigenvalue weighted by Crippen LogP contribution is 2.47. The molecule has 0 radical (unpaired) electrons. The van der Waals surface area contributed by atoms with E-state index in [2.05, 4.69) is 216 Å². The second-order valence-electron chi connectivity index (χ2n) is 23.2. The molecule has 13 aromatic rings. The molecule has 11 aromatic carbocycles. The summed E-state index contributed by atoms with van der Waals surface area (Å²) in [6, 6.07) is 71.5. The molecule has 0 atom stereocenters. The van der Waals surface area contributed by atoms with Gasteiger partial charge in [0.1, 0.15) is 0 Å². The number of hydrogen-bond donors (Lipinski definition) is 0. The second-order valence-corrected chi connectivity index (χ2v) is 23.2. The normalized spacial score (nSPS) is 11.8. The van der Waals surface area contributed by atoms with Crippen LogP contribution in [0.5, 0.6) is 0 Å². The molecule has 404 valence electrons. The van der Waals surface area contributed by atoms with Crippen LogP contribution in [0.15, 0.2) is 200 Å². The van der Waals surface area contributed by atoms with Crippen molar-refractivity contribution >= 4 is 43.6 Å². The molecule has 13 rings (SSSR count). The summed E-state index contributed by atoms with van der Waals surface area (Å²) in [5, 5.41) is 14.9. The van der Waals surface area contributed by atoms with E-state index in [-0.39, 0.29) is 5.56 Å². The number of aromatic nitrogens is 2. The summed E-state index contributed by atoms with van der Waals surface area (Å²) in [5.74, 6) is 0. The van der Waals surface area contributed by atoms with E-state index in [0.29, 0.717) is 22.4 Å². The van der Waals surface area contributed by atoms with Crippen LogP contribution >= 0.6 is 0 Å². The van der Waals surface area contributed by atoms with Gasteiger partial charge in [-0.05, 0) is 196 Å². The fraction of sp³-hybridized carbons (Fsp3) is 0.130. The summed E-state index contributed by atoms with van der Waals surface area (Å²) in [5.41, 5.74) is 25.8. The first kappa shape index (κ1) is 52.7. The minimum absolute atomic E-state index is 0.129. The van der Waals surface area contributed by atoms with Crippen molar-refractivity contribution in [3.63, 3.8) is 0 Å². The number of benzene rings is 11. The predicted molar refractivity (Wildman–Crippen MR) is 340 cm³/mol. The summed E-state index contributed by atoms with van der Waals surface area (Å²) < 4.78 is 50.5.